The van der Waals surface area contributed by atoms with Gasteiger partial charge in [0.25, 0.3) is 5.91 Å². The summed E-state index contributed by atoms with van der Waals surface area (Å²) in [7, 11) is 0. The van der Waals surface area contributed by atoms with Gasteiger partial charge in [0.15, 0.2) is 0 Å². The van der Waals surface area contributed by atoms with Crippen LogP contribution in [0.1, 0.15) is 29.0 Å². The average molecular weight is 596 g/mol. The molecule has 222 valence electrons. The van der Waals surface area contributed by atoms with Crippen LogP contribution < -0.4 is 5.32 Å². The first kappa shape index (κ1) is 27.2. The van der Waals surface area contributed by atoms with Crippen LogP contribution in [0, 0.1) is 5.82 Å². The number of aromatic nitrogens is 5. The molecule has 0 radical (unpaired) electrons. The summed E-state index contributed by atoms with van der Waals surface area (Å²) < 4.78 is 15.5. The number of pyridine rings is 3. The van der Waals surface area contributed by atoms with Crippen LogP contribution in [0.15, 0.2) is 104 Å². The van der Waals surface area contributed by atoms with Gasteiger partial charge in [0, 0.05) is 71.7 Å². The normalized spacial score (nSPS) is 14.4. The fraction of sp³-hybridized carbons (Fsp3) is 0.167. The Bertz CT molecular complexity index is 2160. The third-order valence-electron chi connectivity index (χ3n) is 8.78. The van der Waals surface area contributed by atoms with Crippen LogP contribution in [0.2, 0.25) is 0 Å². The molecule has 8 rings (SSSR count). The number of carbonyl (C=O) groups excluding carboxylic acids is 1. The molecule has 0 aliphatic carbocycles. The molecule has 8 nitrogen and oxygen atoms in total. The lowest BCUT2D eigenvalue weighted by Crippen LogP contribution is -2.44. The van der Waals surface area contributed by atoms with Gasteiger partial charge in [-0.3, -0.25) is 19.7 Å². The number of aromatic amines is 1. The Morgan fingerprint density at radius 1 is 0.867 bits per heavy atom. The number of rotatable bonds is 6. The van der Waals surface area contributed by atoms with E-state index < -0.39 is 0 Å². The first-order valence-electron chi connectivity index (χ1n) is 15.2. The van der Waals surface area contributed by atoms with E-state index in [1.165, 1.54) is 22.9 Å². The second-order valence-electron chi connectivity index (χ2n) is 11.5. The van der Waals surface area contributed by atoms with Crippen LogP contribution >= 0.6 is 0 Å². The second-order valence-corrected chi connectivity index (χ2v) is 11.5. The largest absolute Gasteiger partial charge is 0.353 e. The lowest BCUT2D eigenvalue weighted by Gasteiger charge is -2.32. The highest BCUT2D eigenvalue weighted by Gasteiger charge is 2.25. The number of H-pyrrole nitrogens is 1. The first-order valence-corrected chi connectivity index (χ1v) is 15.2. The molecule has 2 N–H and O–H groups in total. The summed E-state index contributed by atoms with van der Waals surface area (Å²) in [5.41, 5.74) is 7.72. The topological polar surface area (TPSA) is 91.2 Å². The highest BCUT2D eigenvalue weighted by Crippen LogP contribution is 2.35. The monoisotopic (exact) mass is 595 g/mol. The zero-order chi connectivity index (χ0) is 30.3. The highest BCUT2D eigenvalue weighted by molar-refractivity contribution is 6.07. The number of likely N-dealkylation sites (tertiary alicyclic amines) is 1. The van der Waals surface area contributed by atoms with E-state index in [-0.39, 0.29) is 17.8 Å². The fourth-order valence-electron chi connectivity index (χ4n) is 6.51. The van der Waals surface area contributed by atoms with Gasteiger partial charge in [-0.2, -0.15) is 5.10 Å². The van der Waals surface area contributed by atoms with Crippen LogP contribution in [0.4, 0.5) is 4.39 Å². The standard InChI is InChI=1S/C36H30FN7O/c37-25-10-8-24(9-11-25)34-33(23-12-17-38-18-13-23)31-6-3-7-32(44(31)42-34)36(45)40-26-15-20-43(21-16-26)22-30-35-28(14-19-39-30)27-4-1-2-5-29(27)41-35/h1-14,17-19,26,41H,15-16,20-22H2,(H,40,45). The fourth-order valence-corrected chi connectivity index (χ4v) is 6.51. The quantitative estimate of drug-likeness (QED) is 0.225. The molecule has 1 fully saturated rings. The predicted molar refractivity (Wildman–Crippen MR) is 173 cm³/mol. The van der Waals surface area contributed by atoms with Crippen LogP contribution in [0.3, 0.4) is 0 Å². The van der Waals surface area contributed by atoms with Gasteiger partial charge in [-0.15, -0.1) is 0 Å². The van der Waals surface area contributed by atoms with Crippen molar-refractivity contribution in [3.8, 4) is 22.4 Å². The van der Waals surface area contributed by atoms with Gasteiger partial charge in [-0.25, -0.2) is 8.91 Å². The van der Waals surface area contributed by atoms with Gasteiger partial charge in [0.05, 0.1) is 16.7 Å². The summed E-state index contributed by atoms with van der Waals surface area (Å²) in [5.74, 6) is -0.483. The zero-order valence-electron chi connectivity index (χ0n) is 24.5. The van der Waals surface area contributed by atoms with E-state index >= 15 is 0 Å². The number of nitrogens with zero attached hydrogens (tertiary/aromatic N) is 5. The molecule has 0 atom stereocenters. The molecule has 0 spiro atoms. The first-order chi connectivity index (χ1) is 22.1. The van der Waals surface area contributed by atoms with Crippen molar-refractivity contribution in [3.63, 3.8) is 0 Å². The minimum absolute atomic E-state index is 0.0487. The molecule has 1 aliphatic heterocycles. The summed E-state index contributed by atoms with van der Waals surface area (Å²) in [6.45, 7) is 2.47. The molecule has 1 amide bonds. The molecule has 7 aromatic rings. The van der Waals surface area contributed by atoms with Gasteiger partial charge in [-0.1, -0.05) is 24.3 Å². The molecule has 1 saturated heterocycles. The Kier molecular flexibility index (Phi) is 6.80. The number of benzene rings is 2. The smallest absolute Gasteiger partial charge is 0.270 e. The third kappa shape index (κ3) is 5.01. The number of hydrogen-bond donors (Lipinski definition) is 2. The summed E-state index contributed by atoms with van der Waals surface area (Å²) >= 11 is 0. The minimum Gasteiger partial charge on any atom is -0.353 e. The van der Waals surface area contributed by atoms with Gasteiger partial charge < -0.3 is 10.3 Å². The lowest BCUT2D eigenvalue weighted by atomic mass is 10.0. The molecule has 2 aromatic carbocycles. The lowest BCUT2D eigenvalue weighted by molar-refractivity contribution is 0.0901. The Labute approximate surface area is 258 Å². The molecule has 0 unspecified atom stereocenters. The maximum Gasteiger partial charge on any atom is 0.270 e. The van der Waals surface area contributed by atoms with Crippen molar-refractivity contribution < 1.29 is 9.18 Å². The van der Waals surface area contributed by atoms with Crippen molar-refractivity contribution in [1.82, 2.24) is 34.8 Å². The van der Waals surface area contributed by atoms with E-state index in [0.29, 0.717) is 11.4 Å². The zero-order valence-corrected chi connectivity index (χ0v) is 24.5. The van der Waals surface area contributed by atoms with Crippen molar-refractivity contribution in [1.29, 1.82) is 0 Å². The Balaban J connectivity index is 1.02. The molecule has 5 aromatic heterocycles. The number of halogens is 1. The van der Waals surface area contributed by atoms with E-state index in [4.69, 9.17) is 10.1 Å². The number of fused-ring (bicyclic) bond motifs is 4. The molecule has 1 aliphatic rings. The van der Waals surface area contributed by atoms with Crippen LogP contribution in [0.5, 0.6) is 0 Å². The molecule has 9 heteroatoms. The molecular formula is C36H30FN7O. The Morgan fingerprint density at radius 3 is 2.49 bits per heavy atom. The van der Waals surface area contributed by atoms with E-state index in [0.717, 1.165) is 71.4 Å². The van der Waals surface area contributed by atoms with Crippen molar-refractivity contribution in [2.45, 2.75) is 25.4 Å². The number of hydrogen-bond acceptors (Lipinski definition) is 5. The molecular weight excluding hydrogens is 565 g/mol. The van der Waals surface area contributed by atoms with Crippen molar-refractivity contribution in [3.05, 3.63) is 121 Å². The van der Waals surface area contributed by atoms with E-state index in [1.807, 2.05) is 36.5 Å². The highest BCUT2D eigenvalue weighted by atomic mass is 19.1. The van der Waals surface area contributed by atoms with Gasteiger partial charge >= 0.3 is 0 Å². The molecule has 0 bridgehead atoms. The number of piperidine rings is 1. The predicted octanol–water partition coefficient (Wildman–Crippen LogP) is 6.63. The summed E-state index contributed by atoms with van der Waals surface area (Å²) in [5, 5.41) is 10.6. The maximum absolute atomic E-state index is 13.8. The number of carbonyl (C=O) groups is 1. The van der Waals surface area contributed by atoms with Crippen LogP contribution in [-0.2, 0) is 6.54 Å². The van der Waals surface area contributed by atoms with E-state index in [1.54, 1.807) is 35.1 Å². The van der Waals surface area contributed by atoms with Gasteiger partial charge in [-0.05, 0) is 79.1 Å². The van der Waals surface area contributed by atoms with Gasteiger partial charge in [0.2, 0.25) is 0 Å². The maximum atomic E-state index is 13.8. The van der Waals surface area contributed by atoms with E-state index in [2.05, 4.69) is 44.5 Å². The minimum atomic E-state index is -0.315. The van der Waals surface area contributed by atoms with Crippen molar-refractivity contribution in [2.75, 3.05) is 13.1 Å². The number of nitrogens with one attached hydrogen (secondary N) is 2. The SMILES string of the molecule is O=C(NC1CCN(Cc2nccc3c2[nH]c2ccccc23)CC1)c1cccc2c(-c3ccncc3)c(-c3ccc(F)cc3)nn12. The number of amides is 1. The molecule has 0 saturated carbocycles. The summed E-state index contributed by atoms with van der Waals surface area (Å²) in [6, 6.07) is 26.2. The van der Waals surface area contributed by atoms with E-state index in [9.17, 15) is 9.18 Å². The molecule has 6 heterocycles. The van der Waals surface area contributed by atoms with Crippen LogP contribution in [-0.4, -0.2) is 54.5 Å². The Morgan fingerprint density at radius 2 is 1.67 bits per heavy atom. The third-order valence-corrected chi connectivity index (χ3v) is 8.78. The summed E-state index contributed by atoms with van der Waals surface area (Å²) in [4.78, 5) is 28.5. The Hall–Kier alpha value is -5.41. The van der Waals surface area contributed by atoms with Crippen molar-refractivity contribution in [2.24, 2.45) is 0 Å². The number of para-hydroxylation sites is 1. The summed E-state index contributed by atoms with van der Waals surface area (Å²) in [6.07, 6.45) is 7.03. The van der Waals surface area contributed by atoms with Gasteiger partial charge in [0.1, 0.15) is 17.2 Å². The second kappa shape index (κ2) is 11.3. The molecule has 45 heavy (non-hydrogen) atoms. The van der Waals surface area contributed by atoms with Crippen molar-refractivity contribution >= 4 is 33.2 Å². The average Bonchev–Trinajstić information content (AvgIpc) is 3.66. The van der Waals surface area contributed by atoms with Crippen LogP contribution in [0.25, 0.3) is 49.7 Å².